The highest BCUT2D eigenvalue weighted by Crippen LogP contribution is 2.12. The van der Waals surface area contributed by atoms with E-state index in [-0.39, 0.29) is 11.9 Å². The molecule has 0 aliphatic carbocycles. The zero-order chi connectivity index (χ0) is 8.81. The Morgan fingerprint density at radius 3 is 3.00 bits per heavy atom. The van der Waals surface area contributed by atoms with Crippen molar-refractivity contribution in [3.05, 3.63) is 0 Å². The summed E-state index contributed by atoms with van der Waals surface area (Å²) in [6.45, 7) is 1.24. The van der Waals surface area contributed by atoms with Crippen molar-refractivity contribution in [2.24, 2.45) is 0 Å². The summed E-state index contributed by atoms with van der Waals surface area (Å²) in [4.78, 5) is 10.8. The van der Waals surface area contributed by atoms with Crippen LogP contribution >= 0.6 is 0 Å². The van der Waals surface area contributed by atoms with Crippen LogP contribution in [0.3, 0.4) is 0 Å². The fraction of sp³-hybridized carbons (Fsp3) is 0.875. The Balaban J connectivity index is 1.85. The van der Waals surface area contributed by atoms with Gasteiger partial charge in [0, 0.05) is 13.7 Å². The van der Waals surface area contributed by atoms with Gasteiger partial charge in [0.15, 0.2) is 5.78 Å². The lowest BCUT2D eigenvalue weighted by atomic mass is 10.1. The summed E-state index contributed by atoms with van der Waals surface area (Å²) in [5, 5.41) is 0. The first-order chi connectivity index (χ1) is 5.84. The van der Waals surface area contributed by atoms with Crippen LogP contribution in [0.4, 0.5) is 0 Å². The molecular weight excluding hydrogens is 160 g/mol. The molecule has 1 atom stereocenters. The number of carbonyl (C=O) groups excluding carboxylic acids is 1. The van der Waals surface area contributed by atoms with Gasteiger partial charge in [0.1, 0.15) is 19.5 Å². The second-order valence-electron chi connectivity index (χ2n) is 2.72. The molecule has 1 aliphatic heterocycles. The van der Waals surface area contributed by atoms with E-state index >= 15 is 0 Å². The van der Waals surface area contributed by atoms with Crippen molar-refractivity contribution in [1.29, 1.82) is 0 Å². The minimum Gasteiger partial charge on any atom is -0.362 e. The van der Waals surface area contributed by atoms with Gasteiger partial charge in [0.2, 0.25) is 0 Å². The van der Waals surface area contributed by atoms with Gasteiger partial charge < -0.3 is 14.2 Å². The standard InChI is InChI=1S/C8H14O4/c1-10-6-11-4-2-3-8-7(9)5-12-8/h8H,2-6H2,1H3. The quantitative estimate of drug-likeness (QED) is 0.430. The lowest BCUT2D eigenvalue weighted by Crippen LogP contribution is -2.40. The van der Waals surface area contributed by atoms with Crippen LogP contribution in [0.2, 0.25) is 0 Å². The predicted molar refractivity (Wildman–Crippen MR) is 41.8 cm³/mol. The molecule has 1 aliphatic rings. The maximum absolute atomic E-state index is 10.8. The van der Waals surface area contributed by atoms with Gasteiger partial charge in [-0.25, -0.2) is 0 Å². The number of carbonyl (C=O) groups is 1. The van der Waals surface area contributed by atoms with Crippen molar-refractivity contribution < 1.29 is 19.0 Å². The van der Waals surface area contributed by atoms with Crippen LogP contribution < -0.4 is 0 Å². The summed E-state index contributed by atoms with van der Waals surface area (Å²) >= 11 is 0. The fourth-order valence-electron chi connectivity index (χ4n) is 1.03. The number of ether oxygens (including phenoxy) is 3. The van der Waals surface area contributed by atoms with Crippen LogP contribution in [0.15, 0.2) is 0 Å². The normalized spacial score (nSPS) is 22.4. The average Bonchev–Trinajstić information content (AvgIpc) is 2.08. The summed E-state index contributed by atoms with van der Waals surface area (Å²) in [6, 6.07) is 0. The third-order valence-electron chi connectivity index (χ3n) is 1.74. The monoisotopic (exact) mass is 174 g/mol. The largest absolute Gasteiger partial charge is 0.362 e. The molecule has 0 amide bonds. The van der Waals surface area contributed by atoms with Gasteiger partial charge >= 0.3 is 0 Å². The van der Waals surface area contributed by atoms with Crippen molar-refractivity contribution in [2.45, 2.75) is 18.9 Å². The number of methoxy groups -OCH3 is 1. The van der Waals surface area contributed by atoms with E-state index in [0.717, 1.165) is 12.8 Å². The minimum absolute atomic E-state index is 0.156. The minimum atomic E-state index is -0.156. The zero-order valence-electron chi connectivity index (χ0n) is 7.25. The number of rotatable bonds is 6. The second-order valence-corrected chi connectivity index (χ2v) is 2.72. The van der Waals surface area contributed by atoms with Gasteiger partial charge in [-0.15, -0.1) is 0 Å². The van der Waals surface area contributed by atoms with Crippen molar-refractivity contribution in [2.75, 3.05) is 27.1 Å². The molecule has 0 spiro atoms. The molecule has 0 N–H and O–H groups in total. The molecule has 4 heteroatoms. The molecule has 1 saturated heterocycles. The van der Waals surface area contributed by atoms with Crippen molar-refractivity contribution in [1.82, 2.24) is 0 Å². The molecule has 0 aromatic heterocycles. The number of hydrogen-bond donors (Lipinski definition) is 0. The van der Waals surface area contributed by atoms with E-state index in [1.807, 2.05) is 0 Å². The van der Waals surface area contributed by atoms with Crippen LogP contribution in [0.1, 0.15) is 12.8 Å². The average molecular weight is 174 g/mol. The summed E-state index contributed by atoms with van der Waals surface area (Å²) in [5.74, 6) is 0.210. The Morgan fingerprint density at radius 2 is 2.50 bits per heavy atom. The molecule has 0 radical (unpaired) electrons. The second kappa shape index (κ2) is 5.24. The molecule has 1 fully saturated rings. The molecule has 0 saturated carbocycles. The maximum atomic E-state index is 10.8. The van der Waals surface area contributed by atoms with Crippen LogP contribution in [0.25, 0.3) is 0 Å². The van der Waals surface area contributed by atoms with Gasteiger partial charge in [-0.3, -0.25) is 4.79 Å². The van der Waals surface area contributed by atoms with Crippen LogP contribution in [-0.2, 0) is 19.0 Å². The van der Waals surface area contributed by atoms with Crippen molar-refractivity contribution >= 4 is 5.78 Å². The first kappa shape index (κ1) is 9.64. The van der Waals surface area contributed by atoms with E-state index in [2.05, 4.69) is 4.74 Å². The van der Waals surface area contributed by atoms with Gasteiger partial charge in [-0.1, -0.05) is 0 Å². The highest BCUT2D eigenvalue weighted by molar-refractivity contribution is 5.88. The topological polar surface area (TPSA) is 44.8 Å². The van der Waals surface area contributed by atoms with E-state index < -0.39 is 0 Å². The highest BCUT2D eigenvalue weighted by Gasteiger charge is 2.28. The number of Topliss-reactive ketones (excluding diaryl/α,β-unsaturated/α-hetero) is 1. The smallest absolute Gasteiger partial charge is 0.187 e. The van der Waals surface area contributed by atoms with Crippen molar-refractivity contribution in [3.8, 4) is 0 Å². The lowest BCUT2D eigenvalue weighted by Gasteiger charge is -2.24. The van der Waals surface area contributed by atoms with E-state index in [9.17, 15) is 4.79 Å². The predicted octanol–water partition coefficient (Wildman–Crippen LogP) is 0.355. The molecule has 4 nitrogen and oxygen atoms in total. The molecule has 1 rings (SSSR count). The molecule has 12 heavy (non-hydrogen) atoms. The Labute approximate surface area is 71.8 Å². The summed E-state index contributed by atoms with van der Waals surface area (Å²) in [5.41, 5.74) is 0. The molecule has 1 heterocycles. The first-order valence-electron chi connectivity index (χ1n) is 4.05. The van der Waals surface area contributed by atoms with E-state index in [1.165, 1.54) is 0 Å². The molecular formula is C8H14O4. The molecule has 1 unspecified atom stereocenters. The van der Waals surface area contributed by atoms with Crippen molar-refractivity contribution in [3.63, 3.8) is 0 Å². The van der Waals surface area contributed by atoms with E-state index in [1.54, 1.807) is 7.11 Å². The molecule has 0 aromatic carbocycles. The van der Waals surface area contributed by atoms with Crippen LogP contribution in [-0.4, -0.2) is 39.0 Å². The Bertz CT molecular complexity index is 146. The highest BCUT2D eigenvalue weighted by atomic mass is 16.7. The van der Waals surface area contributed by atoms with E-state index in [0.29, 0.717) is 20.0 Å². The van der Waals surface area contributed by atoms with E-state index in [4.69, 9.17) is 9.47 Å². The molecule has 0 aromatic rings. The SMILES string of the molecule is COCOCCCC1OCC1=O. The third-order valence-corrected chi connectivity index (χ3v) is 1.74. The number of hydrogen-bond acceptors (Lipinski definition) is 4. The van der Waals surface area contributed by atoms with Crippen LogP contribution in [0.5, 0.6) is 0 Å². The summed E-state index contributed by atoms with van der Waals surface area (Å²) < 4.78 is 14.8. The van der Waals surface area contributed by atoms with Gasteiger partial charge in [0.05, 0.1) is 0 Å². The molecule has 0 bridgehead atoms. The number of ketones is 1. The molecule has 70 valence electrons. The Kier molecular flexibility index (Phi) is 4.21. The summed E-state index contributed by atoms with van der Waals surface area (Å²) in [6.07, 6.45) is 1.46. The van der Waals surface area contributed by atoms with Gasteiger partial charge in [-0.2, -0.15) is 0 Å². The summed E-state index contributed by atoms with van der Waals surface area (Å²) in [7, 11) is 1.58. The maximum Gasteiger partial charge on any atom is 0.187 e. The third kappa shape index (κ3) is 2.89. The first-order valence-corrected chi connectivity index (χ1v) is 4.05. The lowest BCUT2D eigenvalue weighted by molar-refractivity contribution is -0.155. The van der Waals surface area contributed by atoms with Crippen LogP contribution in [0, 0.1) is 0 Å². The fourth-order valence-corrected chi connectivity index (χ4v) is 1.03. The zero-order valence-corrected chi connectivity index (χ0v) is 7.25. The van der Waals surface area contributed by atoms with Gasteiger partial charge in [-0.05, 0) is 12.8 Å². The Morgan fingerprint density at radius 1 is 1.67 bits per heavy atom. The Hall–Kier alpha value is -0.450. The van der Waals surface area contributed by atoms with Gasteiger partial charge in [0.25, 0.3) is 0 Å².